The fourth-order valence-corrected chi connectivity index (χ4v) is 1.33. The van der Waals surface area contributed by atoms with Gasteiger partial charge in [-0.1, -0.05) is 5.92 Å². The summed E-state index contributed by atoms with van der Waals surface area (Å²) in [6.45, 7) is 1.68. The molecule has 0 unspecified atom stereocenters. The molecule has 0 amide bonds. The van der Waals surface area contributed by atoms with Crippen molar-refractivity contribution in [2.75, 3.05) is 11.5 Å². The Bertz CT molecular complexity index is 1160. The minimum atomic E-state index is -0.679. The van der Waals surface area contributed by atoms with Gasteiger partial charge in [0.05, 0.1) is 5.56 Å². The number of ether oxygens (including phenoxy) is 1. The van der Waals surface area contributed by atoms with Gasteiger partial charge in [0.25, 0.3) is 0 Å². The summed E-state index contributed by atoms with van der Waals surface area (Å²) >= 11 is 0. The largest absolute Gasteiger partial charge is 0.399 e. The molecular weight excluding hydrogens is 324 g/mol. The maximum absolute atomic E-state index is 11.7. The van der Waals surface area contributed by atoms with Gasteiger partial charge >= 0.3 is 5.97 Å². The van der Waals surface area contributed by atoms with Crippen molar-refractivity contribution in [3.8, 4) is 83.1 Å². The minimum absolute atomic E-state index is 0. The normalized spacial score (nSPS) is 6.50. The van der Waals surface area contributed by atoms with Crippen LogP contribution in [-0.4, -0.2) is 5.97 Å². The van der Waals surface area contributed by atoms with Crippen molar-refractivity contribution in [3.63, 3.8) is 0 Å². The molecule has 1 aromatic rings. The lowest BCUT2D eigenvalue weighted by atomic mass is 10.2. The molecular formula is C22H40N2O2. The Morgan fingerprint density at radius 3 is 1.65 bits per heavy atom. The number of hydrogen-bond acceptors (Lipinski definition) is 4. The van der Waals surface area contributed by atoms with Crippen LogP contribution in [0.25, 0.3) is 0 Å². The standard InChI is InChI=1S/C22H10N2O2.15H2/c1-2-3-4-5-6-7-8-9-10-11-12-13-14-15-26-22(25)19-16-20(23)18-21(24)17-19;;;;;;;;;;;;;;;/h16-18H,23-24H2,1H3;15*1H. The summed E-state index contributed by atoms with van der Waals surface area (Å²) < 4.78 is 4.71. The Balaban J connectivity index is -0.0000000347. The molecule has 0 fully saturated rings. The Labute approximate surface area is 174 Å². The minimum Gasteiger partial charge on any atom is -0.399 e. The van der Waals surface area contributed by atoms with E-state index in [0.717, 1.165) is 0 Å². The van der Waals surface area contributed by atoms with E-state index in [0.29, 0.717) is 11.4 Å². The smallest absolute Gasteiger partial charge is 0.352 e. The van der Waals surface area contributed by atoms with Crippen LogP contribution in [0.15, 0.2) is 18.2 Å². The first kappa shape index (κ1) is 19.3. The van der Waals surface area contributed by atoms with E-state index in [9.17, 15) is 4.79 Å². The first-order valence-electron chi connectivity index (χ1n) is 6.92. The molecule has 150 valence electrons. The van der Waals surface area contributed by atoms with Gasteiger partial charge in [-0.25, -0.2) is 4.79 Å². The molecule has 0 aliphatic heterocycles. The predicted octanol–water partition coefficient (Wildman–Crippen LogP) is 4.70. The van der Waals surface area contributed by atoms with Crippen molar-refractivity contribution in [2.45, 2.75) is 6.92 Å². The van der Waals surface area contributed by atoms with Crippen molar-refractivity contribution >= 4 is 17.3 Å². The lowest BCUT2D eigenvalue weighted by Crippen LogP contribution is -2.03. The molecule has 0 heterocycles. The van der Waals surface area contributed by atoms with Crippen molar-refractivity contribution in [3.05, 3.63) is 23.8 Å². The second-order valence-electron chi connectivity index (χ2n) is 4.13. The molecule has 4 N–H and O–H groups in total. The molecule has 0 spiro atoms. The maximum atomic E-state index is 11.7. The highest BCUT2D eigenvalue weighted by molar-refractivity contribution is 5.92. The Morgan fingerprint density at radius 1 is 0.769 bits per heavy atom. The number of esters is 1. The number of anilines is 2. The average Bonchev–Trinajstić information content (AvgIpc) is 2.61. The van der Waals surface area contributed by atoms with Crippen LogP contribution >= 0.6 is 0 Å². The average molecular weight is 365 g/mol. The molecule has 26 heavy (non-hydrogen) atoms. The maximum Gasteiger partial charge on any atom is 0.352 e. The number of nitrogen functional groups attached to an aromatic ring is 2. The monoisotopic (exact) mass is 364 g/mol. The third-order valence-corrected chi connectivity index (χ3v) is 2.22. The first-order chi connectivity index (χ1) is 12.6. The summed E-state index contributed by atoms with van der Waals surface area (Å²) in [6.07, 6.45) is 2.15. The first-order valence-corrected chi connectivity index (χ1v) is 6.92. The molecule has 0 saturated heterocycles. The van der Waals surface area contributed by atoms with Gasteiger partial charge in [-0.15, -0.1) is 0 Å². The topological polar surface area (TPSA) is 78.3 Å². The fourth-order valence-electron chi connectivity index (χ4n) is 1.33. The van der Waals surface area contributed by atoms with E-state index >= 15 is 0 Å². The van der Waals surface area contributed by atoms with Crippen LogP contribution in [0, 0.1) is 83.1 Å². The van der Waals surface area contributed by atoms with Gasteiger partial charge in [0.2, 0.25) is 0 Å². The number of carbonyl (C=O) groups excluding carboxylic acids is 1. The van der Waals surface area contributed by atoms with E-state index in [2.05, 4.69) is 83.1 Å². The summed E-state index contributed by atoms with van der Waals surface area (Å²) in [5.41, 5.74) is 12.1. The van der Waals surface area contributed by atoms with E-state index < -0.39 is 5.97 Å². The Morgan fingerprint density at radius 2 is 1.19 bits per heavy atom. The molecule has 0 radical (unpaired) electrons. The number of hydrogen-bond donors (Lipinski definition) is 2. The van der Waals surface area contributed by atoms with Crippen LogP contribution in [0.2, 0.25) is 0 Å². The fraction of sp³-hybridized carbons (Fsp3) is 0.0455. The van der Waals surface area contributed by atoms with Gasteiger partial charge < -0.3 is 16.2 Å². The lowest BCUT2D eigenvalue weighted by molar-refractivity contribution is 0.0691. The van der Waals surface area contributed by atoms with E-state index in [4.69, 9.17) is 16.2 Å². The van der Waals surface area contributed by atoms with E-state index in [1.807, 2.05) is 0 Å². The summed E-state index contributed by atoms with van der Waals surface area (Å²) in [4.78, 5) is 11.7. The molecule has 0 aliphatic rings. The highest BCUT2D eigenvalue weighted by Gasteiger charge is 2.07. The van der Waals surface area contributed by atoms with Crippen LogP contribution in [0.4, 0.5) is 11.4 Å². The molecule has 0 aliphatic carbocycles. The second-order valence-corrected chi connectivity index (χ2v) is 4.13. The zero-order chi connectivity index (χ0) is 19.0. The molecule has 0 bridgehead atoms. The van der Waals surface area contributed by atoms with Crippen molar-refractivity contribution < 1.29 is 30.9 Å². The predicted molar refractivity (Wildman–Crippen MR) is 132 cm³/mol. The summed E-state index contributed by atoms with van der Waals surface area (Å²) in [5, 5.41) is 0. The van der Waals surface area contributed by atoms with Gasteiger partial charge in [-0.3, -0.25) is 0 Å². The molecule has 4 nitrogen and oxygen atoms in total. The molecule has 0 saturated carbocycles. The van der Waals surface area contributed by atoms with Crippen LogP contribution < -0.4 is 11.5 Å². The zero-order valence-electron chi connectivity index (χ0n) is 13.7. The van der Waals surface area contributed by atoms with Gasteiger partial charge in [-0.05, 0) is 60.6 Å². The second kappa shape index (κ2) is 11.7. The molecule has 4 heteroatoms. The molecule has 0 aromatic heterocycles. The number of carbonyl (C=O) groups is 1. The Hall–Kier alpha value is -4.79. The van der Waals surface area contributed by atoms with Crippen LogP contribution in [0.3, 0.4) is 0 Å². The van der Waals surface area contributed by atoms with Gasteiger partial charge in [0.1, 0.15) is 6.11 Å². The molecule has 0 atom stereocenters. The number of nitrogens with two attached hydrogens (primary N) is 2. The van der Waals surface area contributed by atoms with E-state index in [-0.39, 0.29) is 27.0 Å². The van der Waals surface area contributed by atoms with E-state index in [1.54, 1.807) is 6.92 Å². The van der Waals surface area contributed by atoms with Crippen LogP contribution in [0.1, 0.15) is 38.7 Å². The molecule has 1 rings (SSSR count). The van der Waals surface area contributed by atoms with Gasteiger partial charge in [0, 0.05) is 68.3 Å². The summed E-state index contributed by atoms with van der Waals surface area (Å²) in [6, 6.07) is 4.39. The number of benzene rings is 1. The van der Waals surface area contributed by atoms with E-state index in [1.165, 1.54) is 18.2 Å². The Kier molecular flexibility index (Phi) is 8.69. The zero-order valence-corrected chi connectivity index (χ0v) is 13.7. The summed E-state index contributed by atoms with van der Waals surface area (Å²) in [5.74, 6) is 31.4. The van der Waals surface area contributed by atoms with Crippen LogP contribution in [0.5, 0.6) is 0 Å². The highest BCUT2D eigenvalue weighted by atomic mass is 16.5. The lowest BCUT2D eigenvalue weighted by Gasteiger charge is -2.00. The van der Waals surface area contributed by atoms with Crippen molar-refractivity contribution in [1.29, 1.82) is 0 Å². The summed E-state index contributed by atoms with van der Waals surface area (Å²) in [7, 11) is 0. The van der Waals surface area contributed by atoms with Gasteiger partial charge in [0.15, 0.2) is 0 Å². The quantitative estimate of drug-likeness (QED) is 0.430. The third-order valence-electron chi connectivity index (χ3n) is 2.22. The SMILES string of the molecule is CC#CC#CC#CC#CC#CC#CC#COC(=O)c1cc(N)cc(N)c1.[HH].[HH].[HH].[HH].[HH].[HH].[HH].[HH].[HH].[HH].[HH].[HH].[HH].[HH].[HH]. The van der Waals surface area contributed by atoms with Crippen molar-refractivity contribution in [1.82, 2.24) is 0 Å². The molecule has 1 aromatic carbocycles. The van der Waals surface area contributed by atoms with Crippen LogP contribution in [-0.2, 0) is 4.74 Å². The van der Waals surface area contributed by atoms with Crippen molar-refractivity contribution in [2.24, 2.45) is 0 Å². The third kappa shape index (κ3) is 8.60. The van der Waals surface area contributed by atoms with Gasteiger partial charge in [-0.2, -0.15) is 0 Å². The highest BCUT2D eigenvalue weighted by Crippen LogP contribution is 2.14. The number of rotatable bonds is 1.